The van der Waals surface area contributed by atoms with E-state index in [4.69, 9.17) is 17.3 Å². The number of hydrogen-bond acceptors (Lipinski definition) is 3. The number of halogens is 1. The summed E-state index contributed by atoms with van der Waals surface area (Å²) < 4.78 is 1.74. The third-order valence-corrected chi connectivity index (χ3v) is 3.68. The summed E-state index contributed by atoms with van der Waals surface area (Å²) in [6, 6.07) is 11.5. The molecular formula is C16H15ClN4. The summed E-state index contributed by atoms with van der Waals surface area (Å²) in [7, 11) is 0. The van der Waals surface area contributed by atoms with Crippen LogP contribution in [0, 0.1) is 13.8 Å². The van der Waals surface area contributed by atoms with E-state index in [1.807, 2.05) is 56.4 Å². The van der Waals surface area contributed by atoms with Crippen LogP contribution >= 0.6 is 11.6 Å². The number of aryl methyl sites for hydroxylation is 2. The minimum atomic E-state index is 0.685. The average Bonchev–Trinajstić information content (AvgIpc) is 2.93. The number of nitrogens with zero attached hydrogens (tertiary/aromatic N) is 3. The number of hydrogen-bond donors (Lipinski definition) is 1. The lowest BCUT2D eigenvalue weighted by molar-refractivity contribution is 0.799. The van der Waals surface area contributed by atoms with E-state index in [0.29, 0.717) is 10.7 Å². The van der Waals surface area contributed by atoms with Crippen molar-refractivity contribution in [1.82, 2.24) is 15.0 Å². The first-order chi connectivity index (χ1) is 10.0. The van der Waals surface area contributed by atoms with Crippen LogP contribution in [0.1, 0.15) is 11.1 Å². The molecule has 4 nitrogen and oxygen atoms in total. The quantitative estimate of drug-likeness (QED) is 0.732. The van der Waals surface area contributed by atoms with E-state index in [1.165, 1.54) is 0 Å². The fourth-order valence-electron chi connectivity index (χ4n) is 2.25. The number of aromatic nitrogens is 3. The molecule has 0 unspecified atom stereocenters. The third-order valence-electron chi connectivity index (χ3n) is 3.45. The zero-order chi connectivity index (χ0) is 15.0. The zero-order valence-corrected chi connectivity index (χ0v) is 12.6. The Morgan fingerprint density at radius 1 is 1.05 bits per heavy atom. The van der Waals surface area contributed by atoms with Crippen molar-refractivity contribution in [2.45, 2.75) is 13.8 Å². The summed E-state index contributed by atoms with van der Waals surface area (Å²) in [6.45, 7) is 4.04. The highest BCUT2D eigenvalue weighted by Crippen LogP contribution is 2.26. The summed E-state index contributed by atoms with van der Waals surface area (Å²) in [5, 5.41) is 9.14. The molecule has 21 heavy (non-hydrogen) atoms. The second-order valence-electron chi connectivity index (χ2n) is 5.05. The molecule has 1 aromatic heterocycles. The van der Waals surface area contributed by atoms with Gasteiger partial charge < -0.3 is 5.73 Å². The smallest absolute Gasteiger partial charge is 0.113 e. The van der Waals surface area contributed by atoms with Gasteiger partial charge >= 0.3 is 0 Å². The molecule has 3 rings (SSSR count). The fourth-order valence-corrected chi connectivity index (χ4v) is 2.42. The molecule has 0 saturated heterocycles. The van der Waals surface area contributed by atoms with Gasteiger partial charge in [0.25, 0.3) is 0 Å². The molecule has 0 spiro atoms. The normalized spacial score (nSPS) is 10.8. The van der Waals surface area contributed by atoms with Gasteiger partial charge in [0.2, 0.25) is 0 Å². The van der Waals surface area contributed by atoms with Crippen molar-refractivity contribution in [2.24, 2.45) is 0 Å². The average molecular weight is 299 g/mol. The van der Waals surface area contributed by atoms with Crippen LogP contribution < -0.4 is 5.73 Å². The minimum absolute atomic E-state index is 0.685. The van der Waals surface area contributed by atoms with Crippen molar-refractivity contribution in [2.75, 3.05) is 5.73 Å². The lowest BCUT2D eigenvalue weighted by Crippen LogP contribution is -1.99. The first-order valence-electron chi connectivity index (χ1n) is 6.60. The summed E-state index contributed by atoms with van der Waals surface area (Å²) in [5.41, 5.74) is 11.4. The monoisotopic (exact) mass is 298 g/mol. The largest absolute Gasteiger partial charge is 0.399 e. The standard InChI is InChI=1S/C16H15ClN4/c1-10-3-5-12(17)7-14(10)15-9-21(20-19-15)16-8-13(18)6-4-11(16)2/h3-9H,18H2,1-2H3. The number of anilines is 1. The molecule has 0 aliphatic rings. The molecule has 0 saturated carbocycles. The Morgan fingerprint density at radius 3 is 2.62 bits per heavy atom. The summed E-state index contributed by atoms with van der Waals surface area (Å²) in [6.07, 6.45) is 1.89. The van der Waals surface area contributed by atoms with E-state index < -0.39 is 0 Å². The van der Waals surface area contributed by atoms with Gasteiger partial charge in [-0.3, -0.25) is 0 Å². The first kappa shape index (κ1) is 13.6. The molecule has 0 radical (unpaired) electrons. The van der Waals surface area contributed by atoms with Crippen molar-refractivity contribution < 1.29 is 0 Å². The second kappa shape index (κ2) is 5.22. The molecule has 2 N–H and O–H groups in total. The van der Waals surface area contributed by atoms with Gasteiger partial charge in [0, 0.05) is 16.3 Å². The Hall–Kier alpha value is -2.33. The molecule has 0 amide bonds. The number of nitrogen functional groups attached to an aromatic ring is 1. The van der Waals surface area contributed by atoms with Crippen LogP contribution in [0.15, 0.2) is 42.6 Å². The predicted molar refractivity (Wildman–Crippen MR) is 85.7 cm³/mol. The first-order valence-corrected chi connectivity index (χ1v) is 6.98. The van der Waals surface area contributed by atoms with Crippen LogP contribution in [0.4, 0.5) is 5.69 Å². The molecular weight excluding hydrogens is 284 g/mol. The van der Waals surface area contributed by atoms with Gasteiger partial charge in [0.15, 0.2) is 0 Å². The van der Waals surface area contributed by atoms with Gasteiger partial charge in [-0.25, -0.2) is 4.68 Å². The lowest BCUT2D eigenvalue weighted by atomic mass is 10.1. The predicted octanol–water partition coefficient (Wildman–Crippen LogP) is 3.79. The van der Waals surface area contributed by atoms with E-state index in [2.05, 4.69) is 10.3 Å². The van der Waals surface area contributed by atoms with Crippen LogP contribution in [0.25, 0.3) is 16.9 Å². The molecule has 0 fully saturated rings. The lowest BCUT2D eigenvalue weighted by Gasteiger charge is -2.05. The summed E-state index contributed by atoms with van der Waals surface area (Å²) in [5.74, 6) is 0. The molecule has 106 valence electrons. The van der Waals surface area contributed by atoms with Crippen molar-refractivity contribution >= 4 is 17.3 Å². The van der Waals surface area contributed by atoms with Crippen LogP contribution in [-0.2, 0) is 0 Å². The highest BCUT2D eigenvalue weighted by molar-refractivity contribution is 6.30. The Labute approximate surface area is 128 Å². The van der Waals surface area contributed by atoms with Crippen molar-refractivity contribution in [3.05, 3.63) is 58.7 Å². The Bertz CT molecular complexity index is 742. The maximum Gasteiger partial charge on any atom is 0.113 e. The van der Waals surface area contributed by atoms with Crippen molar-refractivity contribution in [1.29, 1.82) is 0 Å². The second-order valence-corrected chi connectivity index (χ2v) is 5.49. The summed E-state index contributed by atoms with van der Waals surface area (Å²) in [4.78, 5) is 0. The fraction of sp³-hybridized carbons (Fsp3) is 0.125. The minimum Gasteiger partial charge on any atom is -0.399 e. The summed E-state index contributed by atoms with van der Waals surface area (Å²) >= 11 is 6.07. The Balaban J connectivity index is 2.08. The molecule has 0 aliphatic heterocycles. The van der Waals surface area contributed by atoms with Gasteiger partial charge in [-0.1, -0.05) is 28.9 Å². The van der Waals surface area contributed by atoms with Crippen LogP contribution in [0.2, 0.25) is 5.02 Å². The molecule has 1 heterocycles. The zero-order valence-electron chi connectivity index (χ0n) is 11.8. The third kappa shape index (κ3) is 2.62. The maximum atomic E-state index is 6.07. The van der Waals surface area contributed by atoms with Gasteiger partial charge in [-0.15, -0.1) is 5.10 Å². The van der Waals surface area contributed by atoms with Crippen molar-refractivity contribution in [3.63, 3.8) is 0 Å². The molecule has 0 bridgehead atoms. The topological polar surface area (TPSA) is 56.7 Å². The molecule has 2 aromatic carbocycles. The van der Waals surface area contributed by atoms with Crippen molar-refractivity contribution in [3.8, 4) is 16.9 Å². The maximum absolute atomic E-state index is 6.07. The van der Waals surface area contributed by atoms with Crippen LogP contribution in [-0.4, -0.2) is 15.0 Å². The van der Waals surface area contributed by atoms with Gasteiger partial charge in [-0.05, 0) is 49.2 Å². The number of rotatable bonds is 2. The van der Waals surface area contributed by atoms with E-state index in [9.17, 15) is 0 Å². The van der Waals surface area contributed by atoms with E-state index in [-0.39, 0.29) is 0 Å². The van der Waals surface area contributed by atoms with E-state index in [0.717, 1.165) is 28.1 Å². The van der Waals surface area contributed by atoms with Gasteiger partial charge in [0.05, 0.1) is 11.9 Å². The highest BCUT2D eigenvalue weighted by atomic mass is 35.5. The van der Waals surface area contributed by atoms with E-state index >= 15 is 0 Å². The SMILES string of the molecule is Cc1ccc(Cl)cc1-c1cn(-c2cc(N)ccc2C)nn1. The van der Waals surface area contributed by atoms with Gasteiger partial charge in [0.1, 0.15) is 5.69 Å². The molecule has 3 aromatic rings. The van der Waals surface area contributed by atoms with Gasteiger partial charge in [-0.2, -0.15) is 0 Å². The van der Waals surface area contributed by atoms with Crippen LogP contribution in [0.3, 0.4) is 0 Å². The molecule has 5 heteroatoms. The highest BCUT2D eigenvalue weighted by Gasteiger charge is 2.10. The van der Waals surface area contributed by atoms with E-state index in [1.54, 1.807) is 4.68 Å². The van der Waals surface area contributed by atoms with Crippen LogP contribution in [0.5, 0.6) is 0 Å². The molecule has 0 atom stereocenters. The number of nitrogens with two attached hydrogens (primary N) is 1. The number of benzene rings is 2. The molecule has 0 aliphatic carbocycles. The Kier molecular flexibility index (Phi) is 3.39. The Morgan fingerprint density at radius 2 is 1.81 bits per heavy atom.